The topological polar surface area (TPSA) is 66.4 Å². The van der Waals surface area contributed by atoms with Crippen LogP contribution in [0.2, 0.25) is 0 Å². The van der Waals surface area contributed by atoms with E-state index in [-0.39, 0.29) is 24.8 Å². The monoisotopic (exact) mass is 249 g/mol. The normalized spacial score (nSPS) is 12.2. The van der Waals surface area contributed by atoms with Gasteiger partial charge in [-0.05, 0) is 11.5 Å². The average Bonchev–Trinajstić information content (AvgIpc) is 2.29. The summed E-state index contributed by atoms with van der Waals surface area (Å²) in [4.78, 5) is 22.6. The smallest absolute Gasteiger partial charge is 0.308 e. The number of carbonyl (C=O) groups excluding carboxylic acids is 1. The fourth-order valence-electron chi connectivity index (χ4n) is 1.68. The van der Waals surface area contributed by atoms with Crippen molar-refractivity contribution in [1.82, 2.24) is 5.32 Å². The Morgan fingerprint density at radius 3 is 2.33 bits per heavy atom. The van der Waals surface area contributed by atoms with Crippen molar-refractivity contribution in [3.05, 3.63) is 35.9 Å². The van der Waals surface area contributed by atoms with E-state index in [1.54, 1.807) is 0 Å². The van der Waals surface area contributed by atoms with E-state index in [0.717, 1.165) is 5.56 Å². The van der Waals surface area contributed by atoms with E-state index in [0.29, 0.717) is 0 Å². The minimum atomic E-state index is -0.870. The van der Waals surface area contributed by atoms with Crippen molar-refractivity contribution in [2.75, 3.05) is 6.54 Å². The second-order valence-corrected chi connectivity index (χ2v) is 4.66. The Balaban J connectivity index is 2.44. The third-order valence-electron chi connectivity index (χ3n) is 2.85. The van der Waals surface area contributed by atoms with Gasteiger partial charge >= 0.3 is 5.97 Å². The summed E-state index contributed by atoms with van der Waals surface area (Å²) >= 11 is 0. The van der Waals surface area contributed by atoms with Crippen molar-refractivity contribution in [1.29, 1.82) is 0 Å². The first-order valence-corrected chi connectivity index (χ1v) is 6.04. The molecule has 1 aromatic carbocycles. The highest BCUT2D eigenvalue weighted by molar-refractivity contribution is 5.79. The molecule has 0 radical (unpaired) electrons. The summed E-state index contributed by atoms with van der Waals surface area (Å²) in [6.07, 6.45) is 0.283. The number of carboxylic acids is 1. The lowest BCUT2D eigenvalue weighted by atomic mass is 9.96. The summed E-state index contributed by atoms with van der Waals surface area (Å²) in [7, 11) is 0. The van der Waals surface area contributed by atoms with Gasteiger partial charge in [-0.3, -0.25) is 9.59 Å². The van der Waals surface area contributed by atoms with Gasteiger partial charge in [-0.1, -0.05) is 44.2 Å². The largest absolute Gasteiger partial charge is 0.481 e. The summed E-state index contributed by atoms with van der Waals surface area (Å²) in [5.74, 6) is -1.55. The lowest BCUT2D eigenvalue weighted by molar-refractivity contribution is -0.143. The maximum atomic E-state index is 11.7. The second-order valence-electron chi connectivity index (χ2n) is 4.66. The van der Waals surface area contributed by atoms with Gasteiger partial charge in [-0.25, -0.2) is 0 Å². The molecule has 4 nitrogen and oxygen atoms in total. The highest BCUT2D eigenvalue weighted by Gasteiger charge is 2.21. The van der Waals surface area contributed by atoms with E-state index in [2.05, 4.69) is 5.32 Å². The molecule has 1 rings (SSSR count). The van der Waals surface area contributed by atoms with Crippen LogP contribution in [0.5, 0.6) is 0 Å². The van der Waals surface area contributed by atoms with Crippen LogP contribution in [0.4, 0.5) is 0 Å². The molecule has 0 fully saturated rings. The van der Waals surface area contributed by atoms with Crippen molar-refractivity contribution in [2.24, 2.45) is 11.8 Å². The highest BCUT2D eigenvalue weighted by Crippen LogP contribution is 2.09. The number of nitrogens with one attached hydrogen (secondary N) is 1. The van der Waals surface area contributed by atoms with Gasteiger partial charge in [0, 0.05) is 6.54 Å². The van der Waals surface area contributed by atoms with Gasteiger partial charge in [0.2, 0.25) is 5.91 Å². The zero-order valence-electron chi connectivity index (χ0n) is 10.7. The van der Waals surface area contributed by atoms with Gasteiger partial charge in [0.1, 0.15) is 0 Å². The van der Waals surface area contributed by atoms with Crippen molar-refractivity contribution >= 4 is 11.9 Å². The maximum absolute atomic E-state index is 11.7. The number of hydrogen-bond acceptors (Lipinski definition) is 2. The molecule has 98 valence electrons. The molecule has 0 bridgehead atoms. The summed E-state index contributed by atoms with van der Waals surface area (Å²) in [6, 6.07) is 9.38. The van der Waals surface area contributed by atoms with Gasteiger partial charge in [0.25, 0.3) is 0 Å². The minimum absolute atomic E-state index is 0.000440. The van der Waals surface area contributed by atoms with Crippen LogP contribution in [-0.4, -0.2) is 23.5 Å². The summed E-state index contributed by atoms with van der Waals surface area (Å²) < 4.78 is 0. The Morgan fingerprint density at radius 2 is 1.83 bits per heavy atom. The number of carboxylic acid groups (broad SMARTS) is 1. The lowest BCUT2D eigenvalue weighted by Crippen LogP contribution is -2.36. The molecule has 2 N–H and O–H groups in total. The molecule has 0 aliphatic carbocycles. The average molecular weight is 249 g/mol. The van der Waals surface area contributed by atoms with Crippen LogP contribution in [0.15, 0.2) is 30.3 Å². The number of hydrogen-bond donors (Lipinski definition) is 2. The van der Waals surface area contributed by atoms with Gasteiger partial charge in [0.05, 0.1) is 12.3 Å². The first-order valence-electron chi connectivity index (χ1n) is 6.04. The van der Waals surface area contributed by atoms with Crippen LogP contribution < -0.4 is 5.32 Å². The van der Waals surface area contributed by atoms with Crippen LogP contribution in [0.3, 0.4) is 0 Å². The van der Waals surface area contributed by atoms with Crippen LogP contribution in [0.25, 0.3) is 0 Å². The molecule has 0 saturated carbocycles. The zero-order chi connectivity index (χ0) is 13.5. The summed E-state index contributed by atoms with van der Waals surface area (Å²) in [6.45, 7) is 3.85. The molecule has 4 heteroatoms. The SMILES string of the molecule is CC(C)C(CNC(=O)Cc1ccccc1)C(=O)O. The molecule has 0 saturated heterocycles. The molecule has 18 heavy (non-hydrogen) atoms. The van der Waals surface area contributed by atoms with E-state index in [1.165, 1.54) is 0 Å². The fourth-order valence-corrected chi connectivity index (χ4v) is 1.68. The van der Waals surface area contributed by atoms with E-state index < -0.39 is 11.9 Å². The predicted octanol–water partition coefficient (Wildman–Crippen LogP) is 1.70. The van der Waals surface area contributed by atoms with Gasteiger partial charge in [-0.15, -0.1) is 0 Å². The predicted molar refractivity (Wildman–Crippen MR) is 69.1 cm³/mol. The number of carbonyl (C=O) groups is 2. The molecule has 1 atom stereocenters. The van der Waals surface area contributed by atoms with Crippen LogP contribution in [0.1, 0.15) is 19.4 Å². The molecular formula is C14H19NO3. The van der Waals surface area contributed by atoms with Crippen LogP contribution in [-0.2, 0) is 16.0 Å². The number of amides is 1. The third kappa shape index (κ3) is 4.57. The molecular weight excluding hydrogens is 230 g/mol. The Kier molecular flexibility index (Phi) is 5.36. The number of aliphatic carboxylic acids is 1. The Hall–Kier alpha value is -1.84. The van der Waals surface area contributed by atoms with E-state index in [1.807, 2.05) is 44.2 Å². The molecule has 1 aromatic rings. The van der Waals surface area contributed by atoms with E-state index in [9.17, 15) is 9.59 Å². The van der Waals surface area contributed by atoms with Gasteiger partial charge in [-0.2, -0.15) is 0 Å². The molecule has 0 heterocycles. The van der Waals surface area contributed by atoms with Crippen molar-refractivity contribution in [3.63, 3.8) is 0 Å². The van der Waals surface area contributed by atoms with Crippen LogP contribution >= 0.6 is 0 Å². The Bertz CT molecular complexity index is 401. The second kappa shape index (κ2) is 6.79. The fraction of sp³-hybridized carbons (Fsp3) is 0.429. The molecule has 0 spiro atoms. The lowest BCUT2D eigenvalue weighted by Gasteiger charge is -2.16. The van der Waals surface area contributed by atoms with Gasteiger partial charge < -0.3 is 10.4 Å². The van der Waals surface area contributed by atoms with E-state index >= 15 is 0 Å². The van der Waals surface area contributed by atoms with E-state index in [4.69, 9.17) is 5.11 Å². The zero-order valence-corrected chi connectivity index (χ0v) is 10.7. The quantitative estimate of drug-likeness (QED) is 0.806. The van der Waals surface area contributed by atoms with Crippen molar-refractivity contribution in [2.45, 2.75) is 20.3 Å². The Labute approximate surface area is 107 Å². The minimum Gasteiger partial charge on any atom is -0.481 e. The van der Waals surface area contributed by atoms with Crippen LogP contribution in [0, 0.1) is 11.8 Å². The molecule has 1 amide bonds. The Morgan fingerprint density at radius 1 is 1.22 bits per heavy atom. The summed E-state index contributed by atoms with van der Waals surface area (Å²) in [5, 5.41) is 11.7. The highest BCUT2D eigenvalue weighted by atomic mass is 16.4. The van der Waals surface area contributed by atoms with Crippen molar-refractivity contribution < 1.29 is 14.7 Å². The summed E-state index contributed by atoms with van der Waals surface area (Å²) in [5.41, 5.74) is 0.923. The standard InChI is InChI=1S/C14H19NO3/c1-10(2)12(14(17)18)9-15-13(16)8-11-6-4-3-5-7-11/h3-7,10,12H,8-9H2,1-2H3,(H,15,16)(H,17,18). The molecule has 0 aliphatic heterocycles. The number of benzene rings is 1. The number of rotatable bonds is 6. The third-order valence-corrected chi connectivity index (χ3v) is 2.85. The van der Waals surface area contributed by atoms with Crippen molar-refractivity contribution in [3.8, 4) is 0 Å². The first-order chi connectivity index (χ1) is 8.50. The first kappa shape index (κ1) is 14.2. The molecule has 0 aliphatic rings. The maximum Gasteiger partial charge on any atom is 0.308 e. The molecule has 0 aromatic heterocycles. The molecule has 1 unspecified atom stereocenters. The van der Waals surface area contributed by atoms with Gasteiger partial charge in [0.15, 0.2) is 0 Å².